The second kappa shape index (κ2) is 6.83. The SMILES string of the molecule is NC(c1cccc(OC(F)(F)C(F)F)c1)c1cccc([N+](=O)[O-])c1. The second-order valence-corrected chi connectivity index (χ2v) is 4.87. The van der Waals surface area contributed by atoms with Gasteiger partial charge < -0.3 is 10.5 Å². The lowest BCUT2D eigenvalue weighted by atomic mass is 9.99. The van der Waals surface area contributed by atoms with Crippen molar-refractivity contribution < 1.29 is 27.2 Å². The molecule has 0 aromatic heterocycles. The Morgan fingerprint density at radius 1 is 1.08 bits per heavy atom. The van der Waals surface area contributed by atoms with Gasteiger partial charge in [-0.15, -0.1) is 0 Å². The van der Waals surface area contributed by atoms with Crippen LogP contribution in [0.2, 0.25) is 0 Å². The minimum absolute atomic E-state index is 0.181. The minimum Gasteiger partial charge on any atom is -0.428 e. The van der Waals surface area contributed by atoms with Crippen LogP contribution in [0.1, 0.15) is 17.2 Å². The molecule has 0 radical (unpaired) electrons. The van der Waals surface area contributed by atoms with Crippen molar-refractivity contribution in [1.29, 1.82) is 0 Å². The molecule has 0 fully saturated rings. The van der Waals surface area contributed by atoms with Crippen molar-refractivity contribution in [2.75, 3.05) is 0 Å². The molecule has 24 heavy (non-hydrogen) atoms. The van der Waals surface area contributed by atoms with Gasteiger partial charge in [-0.2, -0.15) is 17.6 Å². The average molecular weight is 344 g/mol. The van der Waals surface area contributed by atoms with Gasteiger partial charge in [-0.1, -0.05) is 24.3 Å². The number of benzene rings is 2. The smallest absolute Gasteiger partial charge is 0.428 e. The number of alkyl halides is 4. The molecule has 9 heteroatoms. The molecular weight excluding hydrogens is 332 g/mol. The normalized spacial score (nSPS) is 12.9. The van der Waals surface area contributed by atoms with Crippen LogP contribution >= 0.6 is 0 Å². The fourth-order valence-corrected chi connectivity index (χ4v) is 2.00. The van der Waals surface area contributed by atoms with Crippen LogP contribution in [0.5, 0.6) is 5.75 Å². The third-order valence-corrected chi connectivity index (χ3v) is 3.17. The monoisotopic (exact) mass is 344 g/mol. The van der Waals surface area contributed by atoms with Crippen LogP contribution in [0.3, 0.4) is 0 Å². The number of nitro groups is 1. The molecule has 0 aliphatic rings. The Bertz CT molecular complexity index is 740. The predicted octanol–water partition coefficient (Wildman–Crippen LogP) is 3.88. The first kappa shape index (κ1) is 17.7. The number of hydrogen-bond donors (Lipinski definition) is 1. The quantitative estimate of drug-likeness (QED) is 0.490. The maximum atomic E-state index is 13.0. The van der Waals surface area contributed by atoms with Crippen molar-refractivity contribution in [3.63, 3.8) is 0 Å². The first-order valence-corrected chi connectivity index (χ1v) is 6.65. The van der Waals surface area contributed by atoms with Gasteiger partial charge in [0.1, 0.15) is 5.75 Å². The van der Waals surface area contributed by atoms with Crippen molar-refractivity contribution in [1.82, 2.24) is 0 Å². The zero-order valence-corrected chi connectivity index (χ0v) is 12.0. The molecule has 2 rings (SSSR count). The largest absolute Gasteiger partial charge is 0.461 e. The van der Waals surface area contributed by atoms with E-state index < -0.39 is 29.2 Å². The summed E-state index contributed by atoms with van der Waals surface area (Å²) in [6, 6.07) is 9.54. The molecule has 0 heterocycles. The third kappa shape index (κ3) is 3.99. The molecule has 0 saturated carbocycles. The van der Waals surface area contributed by atoms with Crippen LogP contribution in [-0.4, -0.2) is 17.5 Å². The standard InChI is InChI=1S/C15H12F4N2O3/c16-14(17)15(18,19)24-12-6-2-4-10(8-12)13(20)9-3-1-5-11(7-9)21(22)23/h1-8,13-14H,20H2. The lowest BCUT2D eigenvalue weighted by Crippen LogP contribution is -2.33. The molecular formula is C15H12F4N2O3. The van der Waals surface area contributed by atoms with Gasteiger partial charge in [0.05, 0.1) is 11.0 Å². The Kier molecular flexibility index (Phi) is 5.03. The van der Waals surface area contributed by atoms with Gasteiger partial charge in [-0.3, -0.25) is 10.1 Å². The van der Waals surface area contributed by atoms with Crippen molar-refractivity contribution in [2.24, 2.45) is 5.73 Å². The van der Waals surface area contributed by atoms with E-state index in [-0.39, 0.29) is 11.3 Å². The summed E-state index contributed by atoms with van der Waals surface area (Å²) in [4.78, 5) is 10.2. The van der Waals surface area contributed by atoms with E-state index in [1.165, 1.54) is 36.4 Å². The number of ether oxygens (including phenoxy) is 1. The Balaban J connectivity index is 2.28. The van der Waals surface area contributed by atoms with Crippen LogP contribution in [-0.2, 0) is 0 Å². The van der Waals surface area contributed by atoms with E-state index in [1.807, 2.05) is 0 Å². The zero-order chi connectivity index (χ0) is 17.9. The number of nitrogens with zero attached hydrogens (tertiary/aromatic N) is 1. The van der Waals surface area contributed by atoms with E-state index in [0.717, 1.165) is 12.1 Å². The first-order chi connectivity index (χ1) is 11.2. The molecule has 1 atom stereocenters. The number of rotatable bonds is 6. The van der Waals surface area contributed by atoms with Crippen LogP contribution < -0.4 is 10.5 Å². The molecule has 0 aliphatic heterocycles. The highest BCUT2D eigenvalue weighted by molar-refractivity contribution is 5.41. The molecule has 0 bridgehead atoms. The van der Waals surface area contributed by atoms with Crippen molar-refractivity contribution in [3.8, 4) is 5.75 Å². The fourth-order valence-electron chi connectivity index (χ4n) is 2.00. The van der Waals surface area contributed by atoms with Crippen molar-refractivity contribution >= 4 is 5.69 Å². The van der Waals surface area contributed by atoms with Gasteiger partial charge in [0.15, 0.2) is 0 Å². The summed E-state index contributed by atoms with van der Waals surface area (Å²) in [5, 5.41) is 10.8. The maximum absolute atomic E-state index is 13.0. The van der Waals surface area contributed by atoms with Gasteiger partial charge in [-0.25, -0.2) is 0 Å². The molecule has 0 aliphatic carbocycles. The Morgan fingerprint density at radius 2 is 1.67 bits per heavy atom. The topological polar surface area (TPSA) is 78.4 Å². The van der Waals surface area contributed by atoms with E-state index in [4.69, 9.17) is 5.73 Å². The number of nitrogens with two attached hydrogens (primary N) is 1. The molecule has 2 aromatic carbocycles. The van der Waals surface area contributed by atoms with Gasteiger partial charge in [0.2, 0.25) is 0 Å². The van der Waals surface area contributed by atoms with Crippen molar-refractivity contribution in [3.05, 3.63) is 69.8 Å². The third-order valence-electron chi connectivity index (χ3n) is 3.17. The van der Waals surface area contributed by atoms with Crippen LogP contribution in [0, 0.1) is 10.1 Å². The number of non-ortho nitro benzene ring substituents is 1. The highest BCUT2D eigenvalue weighted by Gasteiger charge is 2.44. The molecule has 1 unspecified atom stereocenters. The van der Waals surface area contributed by atoms with E-state index in [0.29, 0.717) is 5.56 Å². The van der Waals surface area contributed by atoms with Gasteiger partial charge in [0, 0.05) is 12.1 Å². The molecule has 128 valence electrons. The highest BCUT2D eigenvalue weighted by atomic mass is 19.3. The fraction of sp³-hybridized carbons (Fsp3) is 0.200. The van der Waals surface area contributed by atoms with Crippen LogP contribution in [0.25, 0.3) is 0 Å². The maximum Gasteiger partial charge on any atom is 0.461 e. The minimum atomic E-state index is -4.63. The van der Waals surface area contributed by atoms with Crippen molar-refractivity contribution in [2.45, 2.75) is 18.6 Å². The lowest BCUT2D eigenvalue weighted by Gasteiger charge is -2.18. The number of hydrogen-bond acceptors (Lipinski definition) is 4. The zero-order valence-electron chi connectivity index (χ0n) is 12.0. The van der Waals surface area contributed by atoms with E-state index >= 15 is 0 Å². The van der Waals surface area contributed by atoms with Gasteiger partial charge >= 0.3 is 12.5 Å². The Labute approximate surface area is 133 Å². The summed E-state index contributed by atoms with van der Waals surface area (Å²) < 4.78 is 54.3. The predicted molar refractivity (Wildman–Crippen MR) is 77.1 cm³/mol. The number of nitro benzene ring substituents is 1. The van der Waals surface area contributed by atoms with Crippen LogP contribution in [0.15, 0.2) is 48.5 Å². The summed E-state index contributed by atoms with van der Waals surface area (Å²) in [5.41, 5.74) is 6.42. The molecule has 2 aromatic rings. The van der Waals surface area contributed by atoms with E-state index in [1.54, 1.807) is 0 Å². The summed E-state index contributed by atoms with van der Waals surface area (Å²) >= 11 is 0. The second-order valence-electron chi connectivity index (χ2n) is 4.87. The molecule has 2 N–H and O–H groups in total. The number of halogens is 4. The molecule has 0 spiro atoms. The first-order valence-electron chi connectivity index (χ1n) is 6.65. The molecule has 0 saturated heterocycles. The summed E-state index contributed by atoms with van der Waals surface area (Å²) in [5.74, 6) is -0.487. The molecule has 5 nitrogen and oxygen atoms in total. The average Bonchev–Trinajstić information content (AvgIpc) is 2.54. The van der Waals surface area contributed by atoms with Gasteiger partial charge in [0.25, 0.3) is 5.69 Å². The van der Waals surface area contributed by atoms with Gasteiger partial charge in [-0.05, 0) is 23.3 Å². The summed E-state index contributed by atoms with van der Waals surface area (Å²) in [7, 11) is 0. The Morgan fingerprint density at radius 3 is 2.25 bits per heavy atom. The summed E-state index contributed by atoms with van der Waals surface area (Å²) in [6.07, 6.45) is -8.61. The Hall–Kier alpha value is -2.68. The molecule has 0 amide bonds. The van der Waals surface area contributed by atoms with E-state index in [2.05, 4.69) is 4.74 Å². The summed E-state index contributed by atoms with van der Waals surface area (Å²) in [6.45, 7) is 0. The highest BCUT2D eigenvalue weighted by Crippen LogP contribution is 2.30. The van der Waals surface area contributed by atoms with E-state index in [9.17, 15) is 27.7 Å². The lowest BCUT2D eigenvalue weighted by molar-refractivity contribution is -0.384. The van der Waals surface area contributed by atoms with Crippen LogP contribution in [0.4, 0.5) is 23.2 Å².